The summed E-state index contributed by atoms with van der Waals surface area (Å²) in [6.45, 7) is 0. The van der Waals surface area contributed by atoms with E-state index in [9.17, 15) is 13.2 Å². The third kappa shape index (κ3) is 4.10. The van der Waals surface area contributed by atoms with Gasteiger partial charge in [-0.15, -0.1) is 0 Å². The minimum absolute atomic E-state index is 0.126. The van der Waals surface area contributed by atoms with Crippen LogP contribution in [0.15, 0.2) is 60.7 Å². The van der Waals surface area contributed by atoms with Crippen LogP contribution in [0, 0.1) is 0 Å². The summed E-state index contributed by atoms with van der Waals surface area (Å²) in [4.78, 5) is 11.9. The molecule has 128 valence electrons. The minimum atomic E-state index is -3.64. The van der Waals surface area contributed by atoms with E-state index >= 15 is 0 Å². The molecule has 0 spiro atoms. The number of benzene rings is 3. The zero-order valence-corrected chi connectivity index (χ0v) is 14.8. The molecule has 0 radical (unpaired) electrons. The van der Waals surface area contributed by atoms with Gasteiger partial charge in [-0.3, -0.25) is 4.79 Å². The third-order valence-corrected chi connectivity index (χ3v) is 4.29. The van der Waals surface area contributed by atoms with Crippen molar-refractivity contribution in [3.05, 3.63) is 71.2 Å². The predicted octanol–water partition coefficient (Wildman–Crippen LogP) is 3.97. The Morgan fingerprint density at radius 3 is 2.44 bits per heavy atom. The first-order valence-corrected chi connectivity index (χ1v) is 9.58. The maximum absolute atomic E-state index is 11.9. The van der Waals surface area contributed by atoms with Gasteiger partial charge in [-0.2, -0.15) is 0 Å². The molecule has 3 rings (SSSR count). The molecular formula is C18H14ClNO4S. The van der Waals surface area contributed by atoms with E-state index in [0.29, 0.717) is 11.5 Å². The highest BCUT2D eigenvalue weighted by atomic mass is 35.5. The van der Waals surface area contributed by atoms with E-state index in [1.54, 1.807) is 0 Å². The zero-order valence-electron chi connectivity index (χ0n) is 13.2. The first-order valence-electron chi connectivity index (χ1n) is 7.31. The summed E-state index contributed by atoms with van der Waals surface area (Å²) >= 11 is 6.19. The fourth-order valence-electron chi connectivity index (χ4n) is 2.36. The maximum atomic E-state index is 11.9. The Labute approximate surface area is 150 Å². The van der Waals surface area contributed by atoms with Crippen LogP contribution in [0.4, 0.5) is 0 Å². The molecule has 0 bridgehead atoms. The molecule has 0 atom stereocenters. The Morgan fingerprint density at radius 1 is 1.00 bits per heavy atom. The number of fused-ring (bicyclic) bond motifs is 1. The molecule has 0 saturated carbocycles. The SMILES string of the molecule is CS(=O)(=O)NC(=O)c1ccc(Oc2cccc3ccccc23)c(Cl)c1. The second-order valence-corrected chi connectivity index (χ2v) is 7.58. The van der Waals surface area contributed by atoms with E-state index in [0.717, 1.165) is 17.0 Å². The molecule has 0 unspecified atom stereocenters. The monoisotopic (exact) mass is 375 g/mol. The average Bonchev–Trinajstić information content (AvgIpc) is 2.55. The van der Waals surface area contributed by atoms with Gasteiger partial charge in [0.1, 0.15) is 11.5 Å². The number of sulfonamides is 1. The van der Waals surface area contributed by atoms with E-state index in [1.807, 2.05) is 47.2 Å². The molecule has 25 heavy (non-hydrogen) atoms. The Kier molecular flexibility index (Phi) is 4.65. The number of nitrogens with one attached hydrogen (secondary N) is 1. The maximum Gasteiger partial charge on any atom is 0.264 e. The molecule has 3 aromatic rings. The number of ether oxygens (including phenoxy) is 1. The van der Waals surface area contributed by atoms with Crippen LogP contribution in [0.25, 0.3) is 10.8 Å². The molecule has 7 heteroatoms. The van der Waals surface area contributed by atoms with E-state index < -0.39 is 15.9 Å². The van der Waals surface area contributed by atoms with E-state index in [-0.39, 0.29) is 10.6 Å². The van der Waals surface area contributed by atoms with Crippen molar-refractivity contribution in [1.29, 1.82) is 0 Å². The lowest BCUT2D eigenvalue weighted by molar-refractivity contribution is 0.0981. The molecule has 0 aliphatic heterocycles. The van der Waals surface area contributed by atoms with Gasteiger partial charge in [-0.05, 0) is 29.7 Å². The van der Waals surface area contributed by atoms with Crippen molar-refractivity contribution in [1.82, 2.24) is 4.72 Å². The van der Waals surface area contributed by atoms with Gasteiger partial charge in [-0.25, -0.2) is 13.1 Å². The fraction of sp³-hybridized carbons (Fsp3) is 0.0556. The van der Waals surface area contributed by atoms with Crippen molar-refractivity contribution in [2.45, 2.75) is 0 Å². The number of hydrogen-bond acceptors (Lipinski definition) is 4. The van der Waals surface area contributed by atoms with Gasteiger partial charge < -0.3 is 4.74 Å². The zero-order chi connectivity index (χ0) is 18.0. The van der Waals surface area contributed by atoms with Crippen molar-refractivity contribution < 1.29 is 17.9 Å². The number of halogens is 1. The van der Waals surface area contributed by atoms with Gasteiger partial charge in [0.05, 0.1) is 11.3 Å². The van der Waals surface area contributed by atoms with Crippen molar-refractivity contribution in [2.75, 3.05) is 6.26 Å². The van der Waals surface area contributed by atoms with Crippen LogP contribution in [0.2, 0.25) is 5.02 Å². The number of hydrogen-bond donors (Lipinski definition) is 1. The van der Waals surface area contributed by atoms with Gasteiger partial charge in [0.25, 0.3) is 5.91 Å². The van der Waals surface area contributed by atoms with E-state index in [1.165, 1.54) is 18.2 Å². The van der Waals surface area contributed by atoms with Crippen LogP contribution in [0.1, 0.15) is 10.4 Å². The predicted molar refractivity (Wildman–Crippen MR) is 97.8 cm³/mol. The molecule has 0 heterocycles. The first kappa shape index (κ1) is 17.3. The molecule has 0 aromatic heterocycles. The van der Waals surface area contributed by atoms with Gasteiger partial charge in [0.15, 0.2) is 0 Å². The molecule has 0 saturated heterocycles. The van der Waals surface area contributed by atoms with Crippen molar-refractivity contribution in [3.63, 3.8) is 0 Å². The lowest BCUT2D eigenvalue weighted by Gasteiger charge is -2.11. The third-order valence-electron chi connectivity index (χ3n) is 3.44. The quantitative estimate of drug-likeness (QED) is 0.748. The highest BCUT2D eigenvalue weighted by Crippen LogP contribution is 2.34. The molecule has 0 fully saturated rings. The summed E-state index contributed by atoms with van der Waals surface area (Å²) in [6, 6.07) is 17.8. The van der Waals surface area contributed by atoms with Crippen molar-refractivity contribution >= 4 is 38.3 Å². The summed E-state index contributed by atoms with van der Waals surface area (Å²) in [6.07, 6.45) is 0.907. The molecule has 3 aromatic carbocycles. The topological polar surface area (TPSA) is 72.5 Å². The average molecular weight is 376 g/mol. The van der Waals surface area contributed by atoms with Crippen LogP contribution >= 0.6 is 11.6 Å². The van der Waals surface area contributed by atoms with Gasteiger partial charge in [0, 0.05) is 10.9 Å². The lowest BCUT2D eigenvalue weighted by Crippen LogP contribution is -2.29. The van der Waals surface area contributed by atoms with Crippen LogP contribution < -0.4 is 9.46 Å². The fourth-order valence-corrected chi connectivity index (χ4v) is 3.03. The Balaban J connectivity index is 1.90. The molecule has 0 aliphatic carbocycles. The highest BCUT2D eigenvalue weighted by molar-refractivity contribution is 7.89. The smallest absolute Gasteiger partial charge is 0.264 e. The summed E-state index contributed by atoms with van der Waals surface area (Å²) in [5, 5.41) is 2.16. The standard InChI is InChI=1S/C18H14ClNO4S/c1-25(22,23)20-18(21)13-9-10-17(15(19)11-13)24-16-8-4-6-12-5-2-3-7-14(12)16/h2-11H,1H3,(H,20,21). The first-order chi connectivity index (χ1) is 11.8. The van der Waals surface area contributed by atoms with Crippen molar-refractivity contribution in [3.8, 4) is 11.5 Å². The molecule has 5 nitrogen and oxygen atoms in total. The Morgan fingerprint density at radius 2 is 1.72 bits per heavy atom. The summed E-state index contributed by atoms with van der Waals surface area (Å²) < 4.78 is 30.1. The van der Waals surface area contributed by atoms with Crippen LogP contribution in [-0.4, -0.2) is 20.6 Å². The number of carbonyl (C=O) groups is 1. The largest absolute Gasteiger partial charge is 0.455 e. The number of amides is 1. The Bertz CT molecular complexity index is 1060. The second-order valence-electron chi connectivity index (χ2n) is 5.43. The molecule has 1 N–H and O–H groups in total. The van der Waals surface area contributed by atoms with Crippen LogP contribution in [0.3, 0.4) is 0 Å². The van der Waals surface area contributed by atoms with Crippen LogP contribution in [-0.2, 0) is 10.0 Å². The Hall–Kier alpha value is -2.57. The second kappa shape index (κ2) is 6.74. The molecular weight excluding hydrogens is 362 g/mol. The lowest BCUT2D eigenvalue weighted by atomic mass is 10.1. The van der Waals surface area contributed by atoms with Gasteiger partial charge in [0.2, 0.25) is 10.0 Å². The minimum Gasteiger partial charge on any atom is -0.455 e. The van der Waals surface area contributed by atoms with E-state index in [4.69, 9.17) is 16.3 Å². The normalized spacial score (nSPS) is 11.3. The van der Waals surface area contributed by atoms with Gasteiger partial charge in [-0.1, -0.05) is 48.0 Å². The molecule has 0 aliphatic rings. The number of carbonyl (C=O) groups excluding carboxylic acids is 1. The van der Waals surface area contributed by atoms with Gasteiger partial charge >= 0.3 is 0 Å². The number of rotatable bonds is 4. The van der Waals surface area contributed by atoms with Crippen molar-refractivity contribution in [2.24, 2.45) is 0 Å². The summed E-state index contributed by atoms with van der Waals surface area (Å²) in [7, 11) is -3.64. The molecule has 1 amide bonds. The highest BCUT2D eigenvalue weighted by Gasteiger charge is 2.14. The summed E-state index contributed by atoms with van der Waals surface area (Å²) in [5.41, 5.74) is 0.126. The van der Waals surface area contributed by atoms with E-state index in [2.05, 4.69) is 0 Å². The van der Waals surface area contributed by atoms with Crippen LogP contribution in [0.5, 0.6) is 11.5 Å². The summed E-state index contributed by atoms with van der Waals surface area (Å²) in [5.74, 6) is 0.253.